The van der Waals surface area contributed by atoms with E-state index in [-0.39, 0.29) is 12.1 Å². The number of rotatable bonds is 2. The number of nitrogens with zero attached hydrogens (tertiary/aromatic N) is 1. The fraction of sp³-hybridized carbons (Fsp3) is 0.400. The molecule has 0 aliphatic heterocycles. The molecule has 1 rings (SSSR count). The van der Waals surface area contributed by atoms with Gasteiger partial charge < -0.3 is 4.74 Å². The van der Waals surface area contributed by atoms with Gasteiger partial charge in [0.15, 0.2) is 0 Å². The highest BCUT2D eigenvalue weighted by atomic mass is 16.5. The quantitative estimate of drug-likeness (QED) is 0.651. The van der Waals surface area contributed by atoms with Crippen LogP contribution < -0.4 is 0 Å². The van der Waals surface area contributed by atoms with E-state index in [1.54, 1.807) is 18.3 Å². The van der Waals surface area contributed by atoms with Crippen LogP contribution in [-0.2, 0) is 4.74 Å². The molecule has 3 nitrogen and oxygen atoms in total. The molecule has 1 aromatic heterocycles. The number of aromatic nitrogens is 1. The third-order valence-corrected chi connectivity index (χ3v) is 1.48. The average Bonchev–Trinajstić information content (AvgIpc) is 2.03. The van der Waals surface area contributed by atoms with Crippen molar-refractivity contribution in [2.24, 2.45) is 0 Å². The second kappa shape index (κ2) is 4.03. The second-order valence-corrected chi connectivity index (χ2v) is 3.14. The number of hydrogen-bond acceptors (Lipinski definition) is 3. The van der Waals surface area contributed by atoms with Gasteiger partial charge >= 0.3 is 5.97 Å². The molecule has 13 heavy (non-hydrogen) atoms. The molecule has 1 aromatic rings. The summed E-state index contributed by atoms with van der Waals surface area (Å²) in [4.78, 5) is 15.4. The van der Waals surface area contributed by atoms with Crippen molar-refractivity contribution >= 4 is 5.97 Å². The van der Waals surface area contributed by atoms with Gasteiger partial charge in [-0.3, -0.25) is 4.98 Å². The van der Waals surface area contributed by atoms with Crippen molar-refractivity contribution in [2.75, 3.05) is 0 Å². The van der Waals surface area contributed by atoms with Gasteiger partial charge in [-0.2, -0.15) is 0 Å². The van der Waals surface area contributed by atoms with Gasteiger partial charge in [0.1, 0.15) is 0 Å². The van der Waals surface area contributed by atoms with Crippen LogP contribution in [0.15, 0.2) is 18.3 Å². The van der Waals surface area contributed by atoms with E-state index in [2.05, 4.69) is 4.98 Å². The van der Waals surface area contributed by atoms with Gasteiger partial charge in [-0.1, -0.05) is 0 Å². The van der Waals surface area contributed by atoms with Gasteiger partial charge in [0.25, 0.3) is 0 Å². The van der Waals surface area contributed by atoms with Crippen LogP contribution in [-0.4, -0.2) is 17.1 Å². The number of pyridine rings is 1. The van der Waals surface area contributed by atoms with Crippen LogP contribution in [0.4, 0.5) is 0 Å². The minimum Gasteiger partial charge on any atom is -0.459 e. The lowest BCUT2D eigenvalue weighted by Crippen LogP contribution is -2.11. The van der Waals surface area contributed by atoms with Gasteiger partial charge in [0, 0.05) is 11.9 Å². The molecular formula is C10H13NO2. The Hall–Kier alpha value is -1.38. The zero-order valence-corrected chi connectivity index (χ0v) is 8.07. The summed E-state index contributed by atoms with van der Waals surface area (Å²) in [5.41, 5.74) is 1.37. The first-order chi connectivity index (χ1) is 6.09. The van der Waals surface area contributed by atoms with Gasteiger partial charge in [0.2, 0.25) is 0 Å². The first kappa shape index (κ1) is 9.71. The molecule has 0 unspecified atom stereocenters. The number of ether oxygens (including phenoxy) is 1. The van der Waals surface area contributed by atoms with Crippen molar-refractivity contribution in [1.29, 1.82) is 0 Å². The molecule has 0 saturated carbocycles. The number of carbonyl (C=O) groups is 1. The first-order valence-corrected chi connectivity index (χ1v) is 4.23. The summed E-state index contributed by atoms with van der Waals surface area (Å²) in [6.45, 7) is 5.49. The standard InChI is InChI=1S/C10H13NO2/c1-7(2)13-10(12)9-4-5-11-8(3)6-9/h4-7H,1-3H3. The summed E-state index contributed by atoms with van der Waals surface area (Å²) in [5, 5.41) is 0. The monoisotopic (exact) mass is 179 g/mol. The van der Waals surface area contributed by atoms with Crippen LogP contribution in [0.2, 0.25) is 0 Å². The SMILES string of the molecule is Cc1cc(C(=O)OC(C)C)ccn1. The van der Waals surface area contributed by atoms with Crippen LogP contribution in [0.5, 0.6) is 0 Å². The molecule has 1 heterocycles. The molecule has 0 N–H and O–H groups in total. The average molecular weight is 179 g/mol. The van der Waals surface area contributed by atoms with Gasteiger partial charge in [-0.05, 0) is 32.9 Å². The molecule has 0 aliphatic carbocycles. The van der Waals surface area contributed by atoms with Gasteiger partial charge in [-0.15, -0.1) is 0 Å². The van der Waals surface area contributed by atoms with Crippen molar-refractivity contribution in [1.82, 2.24) is 4.98 Å². The van der Waals surface area contributed by atoms with E-state index < -0.39 is 0 Å². The summed E-state index contributed by atoms with van der Waals surface area (Å²) < 4.78 is 5.02. The maximum Gasteiger partial charge on any atom is 0.338 e. The summed E-state index contributed by atoms with van der Waals surface area (Å²) in [6, 6.07) is 3.36. The fourth-order valence-electron chi connectivity index (χ4n) is 0.955. The first-order valence-electron chi connectivity index (χ1n) is 4.23. The molecule has 0 spiro atoms. The molecule has 0 atom stereocenters. The molecule has 0 bridgehead atoms. The highest BCUT2D eigenvalue weighted by Crippen LogP contribution is 2.04. The lowest BCUT2D eigenvalue weighted by atomic mass is 10.2. The predicted octanol–water partition coefficient (Wildman–Crippen LogP) is 1.96. The molecule has 0 aliphatic rings. The van der Waals surface area contributed by atoms with E-state index in [4.69, 9.17) is 4.74 Å². The normalized spacial score (nSPS) is 10.2. The molecule has 0 aromatic carbocycles. The Labute approximate surface area is 77.8 Å². The third-order valence-electron chi connectivity index (χ3n) is 1.48. The Kier molecular flexibility index (Phi) is 3.01. The van der Waals surface area contributed by atoms with Crippen molar-refractivity contribution in [2.45, 2.75) is 26.9 Å². The zero-order chi connectivity index (χ0) is 9.84. The van der Waals surface area contributed by atoms with E-state index in [1.807, 2.05) is 20.8 Å². The zero-order valence-electron chi connectivity index (χ0n) is 8.07. The topological polar surface area (TPSA) is 39.2 Å². The maximum absolute atomic E-state index is 11.4. The molecule has 70 valence electrons. The Balaban J connectivity index is 2.77. The van der Waals surface area contributed by atoms with E-state index in [0.717, 1.165) is 5.69 Å². The molecule has 0 amide bonds. The van der Waals surface area contributed by atoms with E-state index in [1.165, 1.54) is 0 Å². The predicted molar refractivity (Wildman–Crippen MR) is 49.5 cm³/mol. The smallest absolute Gasteiger partial charge is 0.338 e. The number of carbonyl (C=O) groups excluding carboxylic acids is 1. The summed E-state index contributed by atoms with van der Waals surface area (Å²) in [6.07, 6.45) is 1.52. The number of aryl methyl sites for hydroxylation is 1. The molecule has 0 fully saturated rings. The van der Waals surface area contributed by atoms with Crippen LogP contribution in [0, 0.1) is 6.92 Å². The van der Waals surface area contributed by atoms with Crippen LogP contribution in [0.3, 0.4) is 0 Å². The molecule has 0 radical (unpaired) electrons. The van der Waals surface area contributed by atoms with Crippen LogP contribution in [0.1, 0.15) is 29.9 Å². The summed E-state index contributed by atoms with van der Waals surface area (Å²) in [5.74, 6) is -0.291. The summed E-state index contributed by atoms with van der Waals surface area (Å²) >= 11 is 0. The summed E-state index contributed by atoms with van der Waals surface area (Å²) in [7, 11) is 0. The fourth-order valence-corrected chi connectivity index (χ4v) is 0.955. The molecule has 3 heteroatoms. The largest absolute Gasteiger partial charge is 0.459 e. The highest BCUT2D eigenvalue weighted by molar-refractivity contribution is 5.89. The lowest BCUT2D eigenvalue weighted by Gasteiger charge is -2.07. The maximum atomic E-state index is 11.4. The van der Waals surface area contributed by atoms with Crippen molar-refractivity contribution in [3.8, 4) is 0 Å². The van der Waals surface area contributed by atoms with E-state index in [9.17, 15) is 4.79 Å². The minimum atomic E-state index is -0.291. The third kappa shape index (κ3) is 2.86. The molecule has 0 saturated heterocycles. The Bertz CT molecular complexity index is 308. The second-order valence-electron chi connectivity index (χ2n) is 3.14. The number of esters is 1. The number of hydrogen-bond donors (Lipinski definition) is 0. The Morgan fingerprint density at radius 3 is 2.77 bits per heavy atom. The van der Waals surface area contributed by atoms with E-state index >= 15 is 0 Å². The van der Waals surface area contributed by atoms with Crippen molar-refractivity contribution < 1.29 is 9.53 Å². The van der Waals surface area contributed by atoms with E-state index in [0.29, 0.717) is 5.56 Å². The van der Waals surface area contributed by atoms with Crippen molar-refractivity contribution in [3.05, 3.63) is 29.6 Å². The lowest BCUT2D eigenvalue weighted by molar-refractivity contribution is 0.0377. The van der Waals surface area contributed by atoms with Crippen LogP contribution >= 0.6 is 0 Å². The van der Waals surface area contributed by atoms with Crippen molar-refractivity contribution in [3.63, 3.8) is 0 Å². The van der Waals surface area contributed by atoms with Gasteiger partial charge in [0.05, 0.1) is 11.7 Å². The van der Waals surface area contributed by atoms with Gasteiger partial charge in [-0.25, -0.2) is 4.79 Å². The highest BCUT2D eigenvalue weighted by Gasteiger charge is 2.08. The Morgan fingerprint density at radius 2 is 2.23 bits per heavy atom. The minimum absolute atomic E-state index is 0.0824. The Morgan fingerprint density at radius 1 is 1.54 bits per heavy atom. The molecular weight excluding hydrogens is 166 g/mol. The van der Waals surface area contributed by atoms with Crippen LogP contribution in [0.25, 0.3) is 0 Å².